The van der Waals surface area contributed by atoms with Gasteiger partial charge in [-0.15, -0.1) is 0 Å². The van der Waals surface area contributed by atoms with E-state index in [1.54, 1.807) is 0 Å². The Morgan fingerprint density at radius 3 is 2.25 bits per heavy atom. The number of nitrogens with zero attached hydrogens (tertiary/aromatic N) is 1. The molecule has 1 aliphatic rings. The molecule has 11 heteroatoms. The molecule has 0 atom stereocenters. The maximum atomic E-state index is 12.6. The number of carbonyl (C=O) groups is 1. The van der Waals surface area contributed by atoms with Crippen molar-refractivity contribution in [2.75, 3.05) is 18.4 Å². The summed E-state index contributed by atoms with van der Waals surface area (Å²) >= 11 is 0. The van der Waals surface area contributed by atoms with E-state index in [1.807, 2.05) is 0 Å². The molecule has 152 valence electrons. The fourth-order valence-electron chi connectivity index (χ4n) is 2.92. The molecule has 1 amide bonds. The molecule has 3 rings (SSSR count). The van der Waals surface area contributed by atoms with Crippen LogP contribution in [-0.4, -0.2) is 40.1 Å². The second kappa shape index (κ2) is 8.03. The van der Waals surface area contributed by atoms with Crippen molar-refractivity contribution in [3.05, 3.63) is 47.7 Å². The van der Waals surface area contributed by atoms with Gasteiger partial charge in [-0.1, -0.05) is 18.6 Å². The molecule has 9 nitrogen and oxygen atoms in total. The SMILES string of the molecule is NS(=O)(=O)Cc1ccc(NC(=O)c2ccc(S(=O)(=O)N3CCCCC3)o2)cc1. The third kappa shape index (κ3) is 4.98. The molecular weight excluding hydrogens is 406 g/mol. The molecule has 28 heavy (non-hydrogen) atoms. The van der Waals surface area contributed by atoms with Crippen molar-refractivity contribution in [1.82, 2.24) is 4.31 Å². The first-order valence-electron chi connectivity index (χ1n) is 8.66. The average Bonchev–Trinajstić information content (AvgIpc) is 3.14. The van der Waals surface area contributed by atoms with Gasteiger partial charge >= 0.3 is 0 Å². The average molecular weight is 428 g/mol. The highest BCUT2D eigenvalue weighted by molar-refractivity contribution is 7.89. The van der Waals surface area contributed by atoms with Crippen LogP contribution in [0.15, 0.2) is 45.9 Å². The maximum Gasteiger partial charge on any atom is 0.291 e. The van der Waals surface area contributed by atoms with Gasteiger partial charge in [-0.2, -0.15) is 4.31 Å². The van der Waals surface area contributed by atoms with Crippen LogP contribution in [0.5, 0.6) is 0 Å². The molecule has 0 saturated carbocycles. The second-order valence-corrected chi connectivity index (χ2v) is 10.0. The van der Waals surface area contributed by atoms with Gasteiger partial charge in [0.1, 0.15) is 0 Å². The van der Waals surface area contributed by atoms with E-state index in [4.69, 9.17) is 9.56 Å². The van der Waals surface area contributed by atoms with Crippen LogP contribution in [-0.2, 0) is 25.8 Å². The summed E-state index contributed by atoms with van der Waals surface area (Å²) in [4.78, 5) is 12.3. The Labute approximate surface area is 163 Å². The van der Waals surface area contributed by atoms with Crippen LogP contribution >= 0.6 is 0 Å². The Morgan fingerprint density at radius 1 is 1.00 bits per heavy atom. The molecule has 1 saturated heterocycles. The first-order chi connectivity index (χ1) is 13.1. The Balaban J connectivity index is 1.69. The summed E-state index contributed by atoms with van der Waals surface area (Å²) < 4.78 is 54.0. The van der Waals surface area contributed by atoms with Crippen molar-refractivity contribution in [2.24, 2.45) is 5.14 Å². The Hall–Kier alpha value is -2.21. The minimum absolute atomic E-state index is 0.135. The number of hydrogen-bond donors (Lipinski definition) is 2. The van der Waals surface area contributed by atoms with Gasteiger partial charge in [0.05, 0.1) is 5.75 Å². The molecule has 1 fully saturated rings. The summed E-state index contributed by atoms with van der Waals surface area (Å²) in [6.07, 6.45) is 2.59. The maximum absolute atomic E-state index is 12.6. The highest BCUT2D eigenvalue weighted by Gasteiger charge is 2.29. The number of benzene rings is 1. The van der Waals surface area contributed by atoms with Gasteiger partial charge in [0, 0.05) is 18.8 Å². The third-order valence-electron chi connectivity index (χ3n) is 4.29. The Bertz CT molecular complexity index is 1050. The topological polar surface area (TPSA) is 140 Å². The molecule has 3 N–H and O–H groups in total. The summed E-state index contributed by atoms with van der Waals surface area (Å²) in [6.45, 7) is 0.880. The van der Waals surface area contributed by atoms with E-state index in [2.05, 4.69) is 5.32 Å². The lowest BCUT2D eigenvalue weighted by Crippen LogP contribution is -2.35. The number of nitrogens with one attached hydrogen (secondary N) is 1. The van der Waals surface area contributed by atoms with E-state index in [0.717, 1.165) is 19.3 Å². The summed E-state index contributed by atoms with van der Waals surface area (Å²) in [5, 5.41) is 7.30. The highest BCUT2D eigenvalue weighted by Crippen LogP contribution is 2.23. The smallest absolute Gasteiger partial charge is 0.291 e. The van der Waals surface area contributed by atoms with Gasteiger partial charge < -0.3 is 9.73 Å². The molecular formula is C17H21N3O6S2. The molecule has 2 aromatic rings. The largest absolute Gasteiger partial charge is 0.438 e. The number of amides is 1. The zero-order valence-electron chi connectivity index (χ0n) is 15.0. The third-order valence-corrected chi connectivity index (χ3v) is 6.80. The van der Waals surface area contributed by atoms with Crippen LogP contribution in [0, 0.1) is 0 Å². The van der Waals surface area contributed by atoms with E-state index in [9.17, 15) is 21.6 Å². The molecule has 2 heterocycles. The Kier molecular flexibility index (Phi) is 5.89. The van der Waals surface area contributed by atoms with Gasteiger partial charge in [-0.25, -0.2) is 22.0 Å². The summed E-state index contributed by atoms with van der Waals surface area (Å²) in [5.41, 5.74) is 0.883. The van der Waals surface area contributed by atoms with Crippen molar-refractivity contribution < 1.29 is 26.0 Å². The Morgan fingerprint density at radius 2 is 1.64 bits per heavy atom. The van der Waals surface area contributed by atoms with Crippen molar-refractivity contribution in [1.29, 1.82) is 0 Å². The quantitative estimate of drug-likeness (QED) is 0.716. The van der Waals surface area contributed by atoms with Gasteiger partial charge in [0.2, 0.25) is 15.1 Å². The van der Waals surface area contributed by atoms with Gasteiger partial charge in [-0.05, 0) is 42.7 Å². The van der Waals surface area contributed by atoms with Crippen LogP contribution in [0.2, 0.25) is 0 Å². The number of rotatable bonds is 6. The van der Waals surface area contributed by atoms with Crippen LogP contribution in [0.3, 0.4) is 0 Å². The van der Waals surface area contributed by atoms with Crippen molar-refractivity contribution >= 4 is 31.6 Å². The van der Waals surface area contributed by atoms with E-state index in [0.29, 0.717) is 24.3 Å². The summed E-state index contributed by atoms with van der Waals surface area (Å²) in [7, 11) is -7.39. The standard InChI is InChI=1S/C17H21N3O6S2/c18-27(22,23)12-13-4-6-14(7-5-13)19-17(21)15-8-9-16(26-15)28(24,25)20-10-2-1-3-11-20/h4-9H,1-3,10-12H2,(H,19,21)(H2,18,22,23). The lowest BCUT2D eigenvalue weighted by Gasteiger charge is -2.24. The molecule has 0 radical (unpaired) electrons. The second-order valence-electron chi connectivity index (χ2n) is 6.54. The van der Waals surface area contributed by atoms with Crippen LogP contribution in [0.1, 0.15) is 35.4 Å². The molecule has 1 aliphatic heterocycles. The fourth-order valence-corrected chi connectivity index (χ4v) is 5.01. The number of anilines is 1. The number of furan rings is 1. The number of carbonyl (C=O) groups excluding carboxylic acids is 1. The lowest BCUT2D eigenvalue weighted by atomic mass is 10.2. The van der Waals surface area contributed by atoms with Crippen molar-refractivity contribution in [3.63, 3.8) is 0 Å². The normalized spacial score (nSPS) is 16.0. The zero-order valence-corrected chi connectivity index (χ0v) is 16.6. The number of nitrogens with two attached hydrogens (primary N) is 1. The summed E-state index contributed by atoms with van der Waals surface area (Å²) in [5.74, 6) is -1.06. The minimum Gasteiger partial charge on any atom is -0.438 e. The van der Waals surface area contributed by atoms with E-state index >= 15 is 0 Å². The van der Waals surface area contributed by atoms with Crippen LogP contribution in [0.25, 0.3) is 0 Å². The van der Waals surface area contributed by atoms with Gasteiger partial charge in [-0.3, -0.25) is 4.79 Å². The first-order valence-corrected chi connectivity index (χ1v) is 11.8. The number of hydrogen-bond acceptors (Lipinski definition) is 6. The van der Waals surface area contributed by atoms with Gasteiger partial charge in [0.25, 0.3) is 15.9 Å². The number of piperidine rings is 1. The predicted octanol–water partition coefficient (Wildman–Crippen LogP) is 1.49. The lowest BCUT2D eigenvalue weighted by molar-refractivity contribution is 0.0991. The number of sulfonamides is 2. The van der Waals surface area contributed by atoms with E-state index < -0.39 is 26.0 Å². The highest BCUT2D eigenvalue weighted by atomic mass is 32.2. The van der Waals surface area contributed by atoms with Crippen LogP contribution in [0.4, 0.5) is 5.69 Å². The minimum atomic E-state index is -3.75. The molecule has 0 spiro atoms. The fraction of sp³-hybridized carbons (Fsp3) is 0.353. The van der Waals surface area contributed by atoms with Crippen molar-refractivity contribution in [3.8, 4) is 0 Å². The van der Waals surface area contributed by atoms with Gasteiger partial charge in [0.15, 0.2) is 5.76 Å². The molecule has 1 aromatic carbocycles. The predicted molar refractivity (Wildman–Crippen MR) is 103 cm³/mol. The van der Waals surface area contributed by atoms with Crippen LogP contribution < -0.4 is 10.5 Å². The molecule has 0 bridgehead atoms. The summed E-state index contributed by atoms with van der Waals surface area (Å²) in [6, 6.07) is 8.66. The van der Waals surface area contributed by atoms with E-state index in [-0.39, 0.29) is 16.6 Å². The zero-order chi connectivity index (χ0) is 20.4. The molecule has 0 aliphatic carbocycles. The molecule has 1 aromatic heterocycles. The molecule has 0 unspecified atom stereocenters. The first kappa shape index (κ1) is 20.5. The van der Waals surface area contributed by atoms with Crippen molar-refractivity contribution in [2.45, 2.75) is 30.1 Å². The number of primary sulfonamides is 1. The van der Waals surface area contributed by atoms with E-state index in [1.165, 1.54) is 40.7 Å². The monoisotopic (exact) mass is 427 g/mol.